The molecule has 1 heterocycles. The van der Waals surface area contributed by atoms with Crippen molar-refractivity contribution in [2.45, 2.75) is 33.2 Å². The van der Waals surface area contributed by atoms with Crippen LogP contribution in [0.25, 0.3) is 11.1 Å². The quantitative estimate of drug-likeness (QED) is 0.414. The molecule has 0 unspecified atom stereocenters. The number of anilines is 1. The van der Waals surface area contributed by atoms with Gasteiger partial charge in [0.15, 0.2) is 0 Å². The van der Waals surface area contributed by atoms with Gasteiger partial charge in [0.25, 0.3) is 0 Å². The molecule has 1 aromatic carbocycles. The zero-order valence-corrected chi connectivity index (χ0v) is 16.3. The Morgan fingerprint density at radius 2 is 1.88 bits per heavy atom. The highest BCUT2D eigenvalue weighted by Gasteiger charge is 2.25. The first kappa shape index (κ1) is 20.4. The van der Waals surface area contributed by atoms with Gasteiger partial charge in [0, 0.05) is 12.1 Å². The van der Waals surface area contributed by atoms with Gasteiger partial charge in [-0.2, -0.15) is 0 Å². The van der Waals surface area contributed by atoms with Crippen molar-refractivity contribution in [3.63, 3.8) is 0 Å². The second kappa shape index (κ2) is 9.18. The SMILES string of the molecule is CCCNc1[nH]c(C(=O)OC)c(Br)c1-c1ccc(CO)c(CO)c1CO. The van der Waals surface area contributed by atoms with Crippen LogP contribution < -0.4 is 5.32 Å². The molecule has 0 bridgehead atoms. The number of halogens is 1. The molecule has 5 N–H and O–H groups in total. The molecule has 7 nitrogen and oxygen atoms in total. The molecule has 2 rings (SSSR count). The van der Waals surface area contributed by atoms with Crippen molar-refractivity contribution in [3.8, 4) is 11.1 Å². The van der Waals surface area contributed by atoms with E-state index in [4.69, 9.17) is 4.74 Å². The predicted molar refractivity (Wildman–Crippen MR) is 102 cm³/mol. The molecule has 0 spiro atoms. The van der Waals surface area contributed by atoms with Gasteiger partial charge in [0.2, 0.25) is 0 Å². The summed E-state index contributed by atoms with van der Waals surface area (Å²) < 4.78 is 5.31. The molecular formula is C18H23BrN2O5. The van der Waals surface area contributed by atoms with Gasteiger partial charge in [0.1, 0.15) is 11.5 Å². The Kier molecular flexibility index (Phi) is 7.22. The molecule has 2 aromatic rings. The number of esters is 1. The van der Waals surface area contributed by atoms with Gasteiger partial charge < -0.3 is 30.4 Å². The fraction of sp³-hybridized carbons (Fsp3) is 0.389. The van der Waals surface area contributed by atoms with Crippen molar-refractivity contribution in [2.75, 3.05) is 19.0 Å². The van der Waals surface area contributed by atoms with Gasteiger partial charge >= 0.3 is 5.97 Å². The highest BCUT2D eigenvalue weighted by atomic mass is 79.9. The summed E-state index contributed by atoms with van der Waals surface area (Å²) in [6.07, 6.45) is 0.877. The lowest BCUT2D eigenvalue weighted by Gasteiger charge is -2.16. The van der Waals surface area contributed by atoms with E-state index in [-0.39, 0.29) is 25.5 Å². The number of benzene rings is 1. The summed E-state index contributed by atoms with van der Waals surface area (Å²) >= 11 is 3.45. The Morgan fingerprint density at radius 1 is 1.19 bits per heavy atom. The highest BCUT2D eigenvalue weighted by Crippen LogP contribution is 2.41. The van der Waals surface area contributed by atoms with E-state index in [1.54, 1.807) is 12.1 Å². The number of ether oxygens (including phenoxy) is 1. The molecule has 0 aliphatic carbocycles. The zero-order chi connectivity index (χ0) is 19.3. The maximum Gasteiger partial charge on any atom is 0.355 e. The zero-order valence-electron chi connectivity index (χ0n) is 14.7. The van der Waals surface area contributed by atoms with Gasteiger partial charge in [-0.25, -0.2) is 4.79 Å². The molecule has 0 atom stereocenters. The third-order valence-corrected chi connectivity index (χ3v) is 4.96. The van der Waals surface area contributed by atoms with E-state index in [0.29, 0.717) is 44.7 Å². The normalized spacial score (nSPS) is 10.8. The van der Waals surface area contributed by atoms with Crippen LogP contribution in [0.1, 0.15) is 40.5 Å². The predicted octanol–water partition coefficient (Wildman–Crippen LogP) is 2.53. The third-order valence-electron chi connectivity index (χ3n) is 4.16. The van der Waals surface area contributed by atoms with Crippen LogP contribution in [0.3, 0.4) is 0 Å². The van der Waals surface area contributed by atoms with E-state index in [0.717, 1.165) is 6.42 Å². The maximum atomic E-state index is 12.0. The van der Waals surface area contributed by atoms with E-state index >= 15 is 0 Å². The molecule has 0 radical (unpaired) electrons. The van der Waals surface area contributed by atoms with Crippen molar-refractivity contribution in [1.82, 2.24) is 4.98 Å². The second-order valence-corrected chi connectivity index (χ2v) is 6.48. The minimum Gasteiger partial charge on any atom is -0.464 e. The number of carbonyl (C=O) groups excluding carboxylic acids is 1. The highest BCUT2D eigenvalue weighted by molar-refractivity contribution is 9.10. The summed E-state index contributed by atoms with van der Waals surface area (Å²) in [6.45, 7) is 1.81. The average Bonchev–Trinajstić information content (AvgIpc) is 3.00. The van der Waals surface area contributed by atoms with Crippen molar-refractivity contribution in [3.05, 3.63) is 39.0 Å². The molecule has 142 valence electrons. The van der Waals surface area contributed by atoms with Gasteiger partial charge in [0.05, 0.1) is 31.4 Å². The van der Waals surface area contributed by atoms with Crippen LogP contribution in [-0.4, -0.2) is 39.9 Å². The standard InChI is InChI=1S/C18H23BrN2O5/c1-3-6-20-17-14(15(19)16(21-17)18(25)26-2)11-5-4-10(7-22)12(8-23)13(11)9-24/h4-5,20-24H,3,6-9H2,1-2H3. The topological polar surface area (TPSA) is 115 Å². The van der Waals surface area contributed by atoms with E-state index in [2.05, 4.69) is 26.2 Å². The molecule has 0 aliphatic rings. The molecule has 1 aromatic heterocycles. The average molecular weight is 427 g/mol. The Morgan fingerprint density at radius 3 is 2.42 bits per heavy atom. The fourth-order valence-corrected chi connectivity index (χ4v) is 3.53. The Labute approximate surface area is 160 Å². The van der Waals surface area contributed by atoms with E-state index in [9.17, 15) is 20.1 Å². The van der Waals surface area contributed by atoms with Crippen LogP contribution in [0.4, 0.5) is 5.82 Å². The van der Waals surface area contributed by atoms with E-state index in [1.807, 2.05) is 6.92 Å². The Bertz CT molecular complexity index is 788. The number of aliphatic hydroxyl groups is 3. The van der Waals surface area contributed by atoms with Crippen molar-refractivity contribution >= 4 is 27.7 Å². The van der Waals surface area contributed by atoms with Crippen molar-refractivity contribution in [2.24, 2.45) is 0 Å². The molecular weight excluding hydrogens is 404 g/mol. The lowest BCUT2D eigenvalue weighted by atomic mass is 9.93. The Hall–Kier alpha value is -1.87. The number of aromatic nitrogens is 1. The lowest BCUT2D eigenvalue weighted by Crippen LogP contribution is -2.05. The van der Waals surface area contributed by atoms with Gasteiger partial charge in [-0.1, -0.05) is 19.1 Å². The number of hydrogen-bond acceptors (Lipinski definition) is 6. The summed E-state index contributed by atoms with van der Waals surface area (Å²) in [5.74, 6) is 0.0806. The second-order valence-electron chi connectivity index (χ2n) is 5.69. The van der Waals surface area contributed by atoms with E-state index in [1.165, 1.54) is 7.11 Å². The van der Waals surface area contributed by atoms with Crippen LogP contribution in [0.2, 0.25) is 0 Å². The Balaban J connectivity index is 2.74. The summed E-state index contributed by atoms with van der Waals surface area (Å²) in [7, 11) is 1.30. The summed E-state index contributed by atoms with van der Waals surface area (Å²) in [5, 5.41) is 32.3. The number of rotatable bonds is 8. The first-order chi connectivity index (χ1) is 12.5. The fourth-order valence-electron chi connectivity index (χ4n) is 2.86. The number of nitrogens with one attached hydrogen (secondary N) is 2. The number of H-pyrrole nitrogens is 1. The van der Waals surface area contributed by atoms with Gasteiger partial charge in [-0.15, -0.1) is 0 Å². The summed E-state index contributed by atoms with van der Waals surface area (Å²) in [6, 6.07) is 3.45. The molecule has 0 saturated carbocycles. The number of methoxy groups -OCH3 is 1. The third kappa shape index (κ3) is 3.78. The monoisotopic (exact) mass is 426 g/mol. The molecule has 0 amide bonds. The number of hydrogen-bond donors (Lipinski definition) is 5. The first-order valence-corrected chi connectivity index (χ1v) is 9.03. The van der Waals surface area contributed by atoms with Crippen LogP contribution in [0.15, 0.2) is 16.6 Å². The maximum absolute atomic E-state index is 12.0. The van der Waals surface area contributed by atoms with Crippen molar-refractivity contribution < 1.29 is 24.9 Å². The number of carbonyl (C=O) groups is 1. The molecule has 0 saturated heterocycles. The van der Waals surface area contributed by atoms with Gasteiger partial charge in [-0.3, -0.25) is 0 Å². The van der Waals surface area contributed by atoms with Crippen LogP contribution in [0.5, 0.6) is 0 Å². The smallest absolute Gasteiger partial charge is 0.355 e. The van der Waals surface area contributed by atoms with E-state index < -0.39 is 5.97 Å². The van der Waals surface area contributed by atoms with Crippen molar-refractivity contribution in [1.29, 1.82) is 0 Å². The summed E-state index contributed by atoms with van der Waals surface area (Å²) in [5.41, 5.74) is 3.06. The first-order valence-electron chi connectivity index (χ1n) is 8.24. The molecule has 0 aliphatic heterocycles. The van der Waals surface area contributed by atoms with Crippen LogP contribution in [-0.2, 0) is 24.6 Å². The van der Waals surface area contributed by atoms with Crippen LogP contribution in [0, 0.1) is 0 Å². The molecule has 8 heteroatoms. The number of aliphatic hydroxyl groups excluding tert-OH is 3. The lowest BCUT2D eigenvalue weighted by molar-refractivity contribution is 0.0594. The minimum atomic E-state index is -0.525. The number of aromatic amines is 1. The minimum absolute atomic E-state index is 0.244. The summed E-state index contributed by atoms with van der Waals surface area (Å²) in [4.78, 5) is 15.1. The van der Waals surface area contributed by atoms with Crippen LogP contribution >= 0.6 is 15.9 Å². The van der Waals surface area contributed by atoms with Gasteiger partial charge in [-0.05, 0) is 44.6 Å². The molecule has 26 heavy (non-hydrogen) atoms. The largest absolute Gasteiger partial charge is 0.464 e. The molecule has 0 fully saturated rings.